The van der Waals surface area contributed by atoms with E-state index in [1.54, 1.807) is 31.4 Å². The zero-order chi connectivity index (χ0) is 26.2. The molecule has 1 heterocycles. The van der Waals surface area contributed by atoms with Crippen molar-refractivity contribution in [2.45, 2.75) is 46.5 Å². The molecule has 1 amide bonds. The summed E-state index contributed by atoms with van der Waals surface area (Å²) >= 11 is 3.42. The molecule has 190 valence electrons. The van der Waals surface area contributed by atoms with Crippen LogP contribution >= 0.6 is 15.9 Å². The van der Waals surface area contributed by atoms with Gasteiger partial charge in [0.05, 0.1) is 23.9 Å². The Bertz CT molecular complexity index is 1290. The van der Waals surface area contributed by atoms with Crippen molar-refractivity contribution in [1.82, 2.24) is 5.32 Å². The number of benzene rings is 2. The van der Waals surface area contributed by atoms with Gasteiger partial charge in [-0.05, 0) is 71.4 Å². The summed E-state index contributed by atoms with van der Waals surface area (Å²) in [4.78, 5) is 27.4. The molecule has 7 nitrogen and oxygen atoms in total. The van der Waals surface area contributed by atoms with Crippen LogP contribution in [0.4, 0.5) is 5.69 Å². The fraction of sp³-hybridized carbons (Fsp3) is 0.357. The second-order valence-electron chi connectivity index (χ2n) is 9.87. The summed E-state index contributed by atoms with van der Waals surface area (Å²) in [5.41, 5.74) is 3.50. The van der Waals surface area contributed by atoms with Crippen LogP contribution in [-0.2, 0) is 9.59 Å². The van der Waals surface area contributed by atoms with Crippen molar-refractivity contribution in [3.05, 3.63) is 69.0 Å². The maximum atomic E-state index is 13.8. The highest BCUT2D eigenvalue weighted by Crippen LogP contribution is 2.49. The van der Waals surface area contributed by atoms with Crippen LogP contribution in [0.25, 0.3) is 0 Å². The molecule has 0 radical (unpaired) electrons. The number of nitrogens with one attached hydrogen (secondary N) is 2. The average Bonchev–Trinajstić information content (AvgIpc) is 2.80. The Balaban J connectivity index is 1.87. The zero-order valence-electron chi connectivity index (χ0n) is 21.1. The van der Waals surface area contributed by atoms with Gasteiger partial charge in [-0.3, -0.25) is 9.59 Å². The normalized spacial score (nSPS) is 18.9. The minimum atomic E-state index is -0.643. The molecule has 0 saturated carbocycles. The number of hydrogen-bond donors (Lipinski definition) is 3. The molecule has 1 aliphatic carbocycles. The van der Waals surface area contributed by atoms with E-state index in [1.807, 2.05) is 26.0 Å². The molecule has 36 heavy (non-hydrogen) atoms. The molecule has 0 bridgehead atoms. The number of ketones is 1. The van der Waals surface area contributed by atoms with Crippen molar-refractivity contribution >= 4 is 33.3 Å². The van der Waals surface area contributed by atoms with Gasteiger partial charge >= 0.3 is 0 Å². The van der Waals surface area contributed by atoms with Gasteiger partial charge in [-0.1, -0.05) is 26.0 Å². The highest BCUT2D eigenvalue weighted by Gasteiger charge is 2.43. The Morgan fingerprint density at radius 2 is 1.94 bits per heavy atom. The minimum absolute atomic E-state index is 0.00370. The van der Waals surface area contributed by atoms with Gasteiger partial charge in [0.1, 0.15) is 5.75 Å². The first kappa shape index (κ1) is 25.8. The standard InChI is InChI=1S/C28H31BrN2O5/c1-6-36-22-12-16(11-17(29)26(22)33)24-23(27(34)31-18-9-7-8-10-21(18)35-5)15(2)30-19-13-28(3,4)14-20(32)25(19)24/h7-12,24,30,33H,6,13-14H2,1-5H3,(H,31,34). The van der Waals surface area contributed by atoms with Crippen LogP contribution in [-0.4, -0.2) is 30.5 Å². The van der Waals surface area contributed by atoms with Crippen LogP contribution in [0.2, 0.25) is 0 Å². The first-order chi connectivity index (χ1) is 17.1. The number of anilines is 1. The Labute approximate surface area is 219 Å². The lowest BCUT2D eigenvalue weighted by atomic mass is 9.68. The number of halogens is 1. The van der Waals surface area contributed by atoms with Crippen molar-refractivity contribution in [1.29, 1.82) is 0 Å². The molecule has 3 N–H and O–H groups in total. The molecular weight excluding hydrogens is 524 g/mol. The molecule has 2 aromatic rings. The quantitative estimate of drug-likeness (QED) is 0.417. The molecule has 2 aliphatic rings. The van der Waals surface area contributed by atoms with Gasteiger partial charge < -0.3 is 25.2 Å². The van der Waals surface area contributed by atoms with E-state index in [1.165, 1.54) is 0 Å². The smallest absolute Gasteiger partial charge is 0.254 e. The molecule has 1 atom stereocenters. The van der Waals surface area contributed by atoms with Gasteiger partial charge in [0.25, 0.3) is 5.91 Å². The Morgan fingerprint density at radius 1 is 1.22 bits per heavy atom. The van der Waals surface area contributed by atoms with Crippen LogP contribution in [0.3, 0.4) is 0 Å². The van der Waals surface area contributed by atoms with Crippen LogP contribution in [0.5, 0.6) is 17.2 Å². The molecule has 1 unspecified atom stereocenters. The van der Waals surface area contributed by atoms with E-state index in [0.29, 0.717) is 57.8 Å². The molecular formula is C28H31BrN2O5. The van der Waals surface area contributed by atoms with E-state index in [9.17, 15) is 14.7 Å². The molecule has 4 rings (SSSR count). The fourth-order valence-corrected chi connectivity index (χ4v) is 5.49. The van der Waals surface area contributed by atoms with Crippen molar-refractivity contribution in [3.63, 3.8) is 0 Å². The first-order valence-electron chi connectivity index (χ1n) is 11.9. The number of methoxy groups -OCH3 is 1. The molecule has 1 aliphatic heterocycles. The van der Waals surface area contributed by atoms with Gasteiger partial charge in [0, 0.05) is 34.9 Å². The van der Waals surface area contributed by atoms with E-state index in [0.717, 1.165) is 5.70 Å². The summed E-state index contributed by atoms with van der Waals surface area (Å²) in [5.74, 6) is -0.202. The lowest BCUT2D eigenvalue weighted by Crippen LogP contribution is -2.39. The van der Waals surface area contributed by atoms with E-state index < -0.39 is 5.92 Å². The van der Waals surface area contributed by atoms with Gasteiger partial charge in [-0.2, -0.15) is 0 Å². The second-order valence-corrected chi connectivity index (χ2v) is 10.7. The lowest BCUT2D eigenvalue weighted by molar-refractivity contribution is -0.118. The number of phenols is 1. The molecule has 0 saturated heterocycles. The minimum Gasteiger partial charge on any atom is -0.503 e. The van der Waals surface area contributed by atoms with Crippen LogP contribution in [0, 0.1) is 5.41 Å². The third kappa shape index (κ3) is 4.87. The van der Waals surface area contributed by atoms with E-state index in [2.05, 4.69) is 40.4 Å². The largest absolute Gasteiger partial charge is 0.503 e. The van der Waals surface area contributed by atoms with Crippen LogP contribution in [0.1, 0.15) is 52.0 Å². The Morgan fingerprint density at radius 3 is 2.64 bits per heavy atom. The molecule has 0 spiro atoms. The third-order valence-electron chi connectivity index (χ3n) is 6.52. The maximum Gasteiger partial charge on any atom is 0.254 e. The first-order valence-corrected chi connectivity index (χ1v) is 12.7. The average molecular weight is 555 g/mol. The number of rotatable bonds is 6. The van der Waals surface area contributed by atoms with E-state index in [4.69, 9.17) is 9.47 Å². The number of allylic oxidation sites excluding steroid dienone is 3. The number of Topliss-reactive ketones (excluding diaryl/α,β-unsaturated/α-hetero) is 1. The Hall–Kier alpha value is -3.26. The van der Waals surface area contributed by atoms with Gasteiger partial charge in [-0.15, -0.1) is 0 Å². The van der Waals surface area contributed by atoms with Crippen molar-refractivity contribution in [2.24, 2.45) is 5.41 Å². The van der Waals surface area contributed by atoms with Crippen molar-refractivity contribution in [3.8, 4) is 17.2 Å². The van der Waals surface area contributed by atoms with Gasteiger partial charge in [0.15, 0.2) is 17.3 Å². The summed E-state index contributed by atoms with van der Waals surface area (Å²) in [7, 11) is 1.54. The number of dihydropyridines is 1. The number of para-hydroxylation sites is 2. The molecule has 0 aromatic heterocycles. The SMILES string of the molecule is CCOc1cc(C2C(C(=O)Nc3ccccc3OC)=C(C)NC3=C2C(=O)CC(C)(C)C3)cc(Br)c1O. The lowest BCUT2D eigenvalue weighted by Gasteiger charge is -2.39. The zero-order valence-corrected chi connectivity index (χ0v) is 22.7. The van der Waals surface area contributed by atoms with Crippen molar-refractivity contribution < 1.29 is 24.2 Å². The summed E-state index contributed by atoms with van der Waals surface area (Å²) in [6, 6.07) is 10.6. The number of aromatic hydroxyl groups is 1. The van der Waals surface area contributed by atoms with Crippen LogP contribution < -0.4 is 20.1 Å². The highest BCUT2D eigenvalue weighted by molar-refractivity contribution is 9.10. The number of carbonyl (C=O) groups excluding carboxylic acids is 2. The number of ether oxygens (including phenoxy) is 2. The molecule has 0 fully saturated rings. The summed E-state index contributed by atoms with van der Waals surface area (Å²) < 4.78 is 11.5. The summed E-state index contributed by atoms with van der Waals surface area (Å²) in [6.45, 7) is 8.16. The number of carbonyl (C=O) groups is 2. The monoisotopic (exact) mass is 554 g/mol. The third-order valence-corrected chi connectivity index (χ3v) is 7.13. The summed E-state index contributed by atoms with van der Waals surface area (Å²) in [6.07, 6.45) is 1.06. The van der Waals surface area contributed by atoms with Crippen LogP contribution in [0.15, 0.2) is 63.4 Å². The van der Waals surface area contributed by atoms with Gasteiger partial charge in [-0.25, -0.2) is 0 Å². The Kier molecular flexibility index (Phi) is 7.18. The number of phenolic OH excluding ortho intramolecular Hbond substituents is 1. The summed E-state index contributed by atoms with van der Waals surface area (Å²) in [5, 5.41) is 16.9. The maximum absolute atomic E-state index is 13.8. The second kappa shape index (κ2) is 10.0. The predicted octanol–water partition coefficient (Wildman–Crippen LogP) is 5.80. The van der Waals surface area contributed by atoms with E-state index >= 15 is 0 Å². The fourth-order valence-electron chi connectivity index (χ4n) is 5.03. The van der Waals surface area contributed by atoms with Gasteiger partial charge in [0.2, 0.25) is 0 Å². The van der Waals surface area contributed by atoms with E-state index in [-0.39, 0.29) is 28.6 Å². The topological polar surface area (TPSA) is 96.9 Å². The number of amides is 1. The highest BCUT2D eigenvalue weighted by atomic mass is 79.9. The van der Waals surface area contributed by atoms with Crippen molar-refractivity contribution in [2.75, 3.05) is 19.0 Å². The number of hydrogen-bond acceptors (Lipinski definition) is 6. The molecule has 2 aromatic carbocycles. The molecule has 8 heteroatoms. The predicted molar refractivity (Wildman–Crippen MR) is 142 cm³/mol.